The second kappa shape index (κ2) is 5.67. The van der Waals surface area contributed by atoms with Crippen molar-refractivity contribution in [3.63, 3.8) is 0 Å². The standard InChI is InChI=1S/C13H8BrClF2O/c14-9-2-4-11(15)13(5-9)18-7-8-1-3-10(16)6-12(8)17/h1-6H,7H2. The Kier molecular flexibility index (Phi) is 4.19. The predicted molar refractivity (Wildman–Crippen MR) is 69.8 cm³/mol. The highest BCUT2D eigenvalue weighted by Gasteiger charge is 2.07. The summed E-state index contributed by atoms with van der Waals surface area (Å²) in [6, 6.07) is 8.47. The van der Waals surface area contributed by atoms with Gasteiger partial charge in [-0.15, -0.1) is 0 Å². The van der Waals surface area contributed by atoms with E-state index < -0.39 is 11.6 Å². The first-order valence-electron chi connectivity index (χ1n) is 5.08. The van der Waals surface area contributed by atoms with Crippen LogP contribution in [0.5, 0.6) is 5.75 Å². The average molecular weight is 334 g/mol. The molecule has 0 amide bonds. The van der Waals surface area contributed by atoms with Crippen LogP contribution >= 0.6 is 27.5 Å². The highest BCUT2D eigenvalue weighted by molar-refractivity contribution is 9.10. The van der Waals surface area contributed by atoms with Crippen molar-refractivity contribution >= 4 is 27.5 Å². The Morgan fingerprint density at radius 1 is 1.11 bits per heavy atom. The van der Waals surface area contributed by atoms with Gasteiger partial charge in [0.25, 0.3) is 0 Å². The lowest BCUT2D eigenvalue weighted by atomic mass is 10.2. The van der Waals surface area contributed by atoms with Crippen molar-refractivity contribution in [2.75, 3.05) is 0 Å². The lowest BCUT2D eigenvalue weighted by Crippen LogP contribution is -1.99. The van der Waals surface area contributed by atoms with Gasteiger partial charge in [-0.05, 0) is 30.3 Å². The number of hydrogen-bond donors (Lipinski definition) is 0. The lowest BCUT2D eigenvalue weighted by molar-refractivity contribution is 0.299. The molecule has 2 aromatic rings. The smallest absolute Gasteiger partial charge is 0.139 e. The van der Waals surface area contributed by atoms with Gasteiger partial charge < -0.3 is 4.74 Å². The van der Waals surface area contributed by atoms with Crippen molar-refractivity contribution in [2.24, 2.45) is 0 Å². The van der Waals surface area contributed by atoms with Crippen molar-refractivity contribution in [1.29, 1.82) is 0 Å². The third-order valence-electron chi connectivity index (χ3n) is 2.29. The molecule has 1 nitrogen and oxygen atoms in total. The molecule has 0 saturated heterocycles. The summed E-state index contributed by atoms with van der Waals surface area (Å²) in [5.41, 5.74) is 0.271. The molecule has 18 heavy (non-hydrogen) atoms. The highest BCUT2D eigenvalue weighted by atomic mass is 79.9. The number of halogens is 4. The number of rotatable bonds is 3. The average Bonchev–Trinajstić information content (AvgIpc) is 2.32. The zero-order valence-electron chi connectivity index (χ0n) is 9.09. The van der Waals surface area contributed by atoms with E-state index in [9.17, 15) is 8.78 Å². The van der Waals surface area contributed by atoms with Crippen LogP contribution in [0.1, 0.15) is 5.56 Å². The van der Waals surface area contributed by atoms with Gasteiger partial charge in [0.1, 0.15) is 24.0 Å². The molecule has 0 radical (unpaired) electrons. The maximum absolute atomic E-state index is 13.4. The molecular weight excluding hydrogens is 325 g/mol. The van der Waals surface area contributed by atoms with Gasteiger partial charge in [0, 0.05) is 16.1 Å². The second-order valence-electron chi connectivity index (χ2n) is 3.60. The molecule has 0 aliphatic carbocycles. The molecule has 5 heteroatoms. The molecule has 0 fully saturated rings. The van der Waals surface area contributed by atoms with Crippen LogP contribution in [0.4, 0.5) is 8.78 Å². The zero-order chi connectivity index (χ0) is 13.1. The van der Waals surface area contributed by atoms with Gasteiger partial charge in [-0.2, -0.15) is 0 Å². The monoisotopic (exact) mass is 332 g/mol. The van der Waals surface area contributed by atoms with Crippen LogP contribution < -0.4 is 4.74 Å². The van der Waals surface area contributed by atoms with Crippen LogP contribution in [-0.2, 0) is 6.61 Å². The van der Waals surface area contributed by atoms with E-state index in [1.165, 1.54) is 12.1 Å². The molecule has 0 atom stereocenters. The van der Waals surface area contributed by atoms with Crippen molar-refractivity contribution in [2.45, 2.75) is 6.61 Å². The first kappa shape index (κ1) is 13.3. The molecule has 94 valence electrons. The van der Waals surface area contributed by atoms with Gasteiger partial charge in [0.05, 0.1) is 5.02 Å². The summed E-state index contributed by atoms with van der Waals surface area (Å²) in [5.74, 6) is -0.812. The number of hydrogen-bond acceptors (Lipinski definition) is 1. The van der Waals surface area contributed by atoms with E-state index in [0.29, 0.717) is 10.8 Å². The molecule has 0 N–H and O–H groups in total. The minimum Gasteiger partial charge on any atom is -0.487 e. The molecule has 0 spiro atoms. The summed E-state index contributed by atoms with van der Waals surface area (Å²) < 4.78 is 32.3. The Morgan fingerprint density at radius 2 is 1.89 bits per heavy atom. The van der Waals surface area contributed by atoms with Crippen molar-refractivity contribution < 1.29 is 13.5 Å². The Bertz CT molecular complexity index is 575. The van der Waals surface area contributed by atoms with E-state index >= 15 is 0 Å². The zero-order valence-corrected chi connectivity index (χ0v) is 11.4. The van der Waals surface area contributed by atoms with E-state index in [1.807, 2.05) is 0 Å². The summed E-state index contributed by atoms with van der Waals surface area (Å²) in [4.78, 5) is 0. The maximum Gasteiger partial charge on any atom is 0.139 e. The summed E-state index contributed by atoms with van der Waals surface area (Å²) in [6.45, 7) is -0.0116. The van der Waals surface area contributed by atoms with Gasteiger partial charge in [-0.25, -0.2) is 8.78 Å². The fourth-order valence-electron chi connectivity index (χ4n) is 1.38. The van der Waals surface area contributed by atoms with Crippen LogP contribution in [0.15, 0.2) is 40.9 Å². The van der Waals surface area contributed by atoms with Crippen LogP contribution in [0.2, 0.25) is 5.02 Å². The fourth-order valence-corrected chi connectivity index (χ4v) is 1.89. The Labute approximate surface area is 116 Å². The first-order valence-corrected chi connectivity index (χ1v) is 6.25. The molecule has 0 saturated carbocycles. The van der Waals surface area contributed by atoms with Gasteiger partial charge in [0.2, 0.25) is 0 Å². The third kappa shape index (κ3) is 3.21. The van der Waals surface area contributed by atoms with Gasteiger partial charge >= 0.3 is 0 Å². The Morgan fingerprint density at radius 3 is 2.61 bits per heavy atom. The molecule has 0 unspecified atom stereocenters. The number of ether oxygens (including phenoxy) is 1. The topological polar surface area (TPSA) is 9.23 Å². The van der Waals surface area contributed by atoms with Crippen LogP contribution in [0.3, 0.4) is 0 Å². The molecule has 0 bridgehead atoms. The summed E-state index contributed by atoms with van der Waals surface area (Å²) in [7, 11) is 0. The van der Waals surface area contributed by atoms with Crippen LogP contribution in [-0.4, -0.2) is 0 Å². The van der Waals surface area contributed by atoms with E-state index in [-0.39, 0.29) is 12.2 Å². The molecular formula is C13H8BrClF2O. The minimum atomic E-state index is -0.638. The van der Waals surface area contributed by atoms with Gasteiger partial charge in [-0.1, -0.05) is 27.5 Å². The van der Waals surface area contributed by atoms with Crippen molar-refractivity contribution in [1.82, 2.24) is 0 Å². The second-order valence-corrected chi connectivity index (χ2v) is 4.92. The molecule has 0 heterocycles. The van der Waals surface area contributed by atoms with Gasteiger partial charge in [0.15, 0.2) is 0 Å². The molecule has 0 aromatic heterocycles. The minimum absolute atomic E-state index is 0.0116. The summed E-state index contributed by atoms with van der Waals surface area (Å²) in [5, 5.41) is 0.431. The number of benzene rings is 2. The van der Waals surface area contributed by atoms with E-state index in [2.05, 4.69) is 15.9 Å². The first-order chi connectivity index (χ1) is 8.56. The lowest BCUT2D eigenvalue weighted by Gasteiger charge is -2.09. The van der Waals surface area contributed by atoms with Gasteiger partial charge in [-0.3, -0.25) is 0 Å². The fraction of sp³-hybridized carbons (Fsp3) is 0.0769. The predicted octanol–water partition coefficient (Wildman–Crippen LogP) is 4.96. The Hall–Kier alpha value is -1.13. The molecule has 2 rings (SSSR count). The maximum atomic E-state index is 13.4. The molecule has 2 aromatic carbocycles. The quantitative estimate of drug-likeness (QED) is 0.771. The van der Waals surface area contributed by atoms with Crippen LogP contribution in [0, 0.1) is 11.6 Å². The summed E-state index contributed by atoms with van der Waals surface area (Å²) >= 11 is 9.21. The Balaban J connectivity index is 2.13. The highest BCUT2D eigenvalue weighted by Crippen LogP contribution is 2.28. The van der Waals surface area contributed by atoms with E-state index in [1.54, 1.807) is 18.2 Å². The SMILES string of the molecule is Fc1ccc(COc2cc(Br)ccc2Cl)c(F)c1. The van der Waals surface area contributed by atoms with Crippen molar-refractivity contribution in [3.8, 4) is 5.75 Å². The van der Waals surface area contributed by atoms with E-state index in [0.717, 1.165) is 10.5 Å². The molecule has 0 aliphatic rings. The molecule has 0 aliphatic heterocycles. The normalized spacial score (nSPS) is 10.4. The van der Waals surface area contributed by atoms with Crippen molar-refractivity contribution in [3.05, 3.63) is 63.1 Å². The van der Waals surface area contributed by atoms with E-state index in [4.69, 9.17) is 16.3 Å². The van der Waals surface area contributed by atoms with Crippen LogP contribution in [0.25, 0.3) is 0 Å². The third-order valence-corrected chi connectivity index (χ3v) is 3.10. The summed E-state index contributed by atoms with van der Waals surface area (Å²) in [6.07, 6.45) is 0. The largest absolute Gasteiger partial charge is 0.487 e.